The van der Waals surface area contributed by atoms with Crippen molar-refractivity contribution in [3.63, 3.8) is 0 Å². The number of aliphatic carboxylic acids is 1. The predicted molar refractivity (Wildman–Crippen MR) is 127 cm³/mol. The van der Waals surface area contributed by atoms with Crippen LogP contribution in [0.4, 0.5) is 17.1 Å². The van der Waals surface area contributed by atoms with Crippen LogP contribution in [0, 0.1) is 5.92 Å². The van der Waals surface area contributed by atoms with Crippen LogP contribution in [0.1, 0.15) is 13.3 Å². The van der Waals surface area contributed by atoms with Crippen molar-refractivity contribution in [3.05, 3.63) is 48.5 Å². The fourth-order valence-corrected chi connectivity index (χ4v) is 3.92. The number of carbonyl (C=O) groups is 3. The number of methoxy groups -OCH3 is 1. The van der Waals surface area contributed by atoms with Crippen molar-refractivity contribution in [1.82, 2.24) is 4.90 Å². The number of carboxylic acid groups (broad SMARTS) is 1. The lowest BCUT2D eigenvalue weighted by Crippen LogP contribution is -2.49. The maximum absolute atomic E-state index is 12.5. The molecule has 1 heterocycles. The smallest absolute Gasteiger partial charge is 0.308 e. The monoisotopic (exact) mass is 454 g/mol. The summed E-state index contributed by atoms with van der Waals surface area (Å²) in [4.78, 5) is 39.8. The van der Waals surface area contributed by atoms with E-state index >= 15 is 0 Å². The third-order valence-electron chi connectivity index (χ3n) is 5.52. The Morgan fingerprint density at radius 1 is 1.00 bits per heavy atom. The van der Waals surface area contributed by atoms with Gasteiger partial charge in [-0.25, -0.2) is 0 Å². The molecule has 0 saturated carbocycles. The molecule has 0 bridgehead atoms. The molecule has 176 valence electrons. The van der Waals surface area contributed by atoms with Gasteiger partial charge >= 0.3 is 5.97 Å². The first-order chi connectivity index (χ1) is 15.9. The normalized spacial score (nSPS) is 14.9. The number of amides is 2. The number of hydrogen-bond acceptors (Lipinski definition) is 6. The average molecular weight is 455 g/mol. The van der Waals surface area contributed by atoms with Crippen molar-refractivity contribution in [2.24, 2.45) is 5.92 Å². The van der Waals surface area contributed by atoms with Gasteiger partial charge in [0.05, 0.1) is 18.7 Å². The maximum atomic E-state index is 12.5. The largest absolute Gasteiger partial charge is 0.495 e. The van der Waals surface area contributed by atoms with Gasteiger partial charge in [0, 0.05) is 57.4 Å². The number of rotatable bonds is 9. The molecule has 0 spiro atoms. The minimum absolute atomic E-state index is 0.133. The van der Waals surface area contributed by atoms with Crippen LogP contribution in [-0.2, 0) is 14.4 Å². The summed E-state index contributed by atoms with van der Waals surface area (Å²) in [6.07, 6.45) is -0.133. The standard InChI is InChI=1S/C24H30N4O5/c1-17(29)25-19-6-5-7-20(15-19)26-23(30)14-18(24(31)32)16-27-10-12-28(13-11-27)21-8-3-4-9-22(21)33-2/h3-9,15,18H,10-14,16H2,1-2H3,(H,25,29)(H,26,30)(H,31,32)/t18-/m0/s1. The molecule has 0 radical (unpaired) electrons. The number of carbonyl (C=O) groups excluding carboxylic acids is 2. The number of para-hydroxylation sites is 2. The summed E-state index contributed by atoms with van der Waals surface area (Å²) in [6, 6.07) is 14.6. The number of hydrogen-bond donors (Lipinski definition) is 3. The molecule has 1 aliphatic heterocycles. The van der Waals surface area contributed by atoms with Crippen molar-refractivity contribution in [1.29, 1.82) is 0 Å². The summed E-state index contributed by atoms with van der Waals surface area (Å²) in [7, 11) is 1.65. The van der Waals surface area contributed by atoms with Crippen LogP contribution in [0.2, 0.25) is 0 Å². The number of benzene rings is 2. The third kappa shape index (κ3) is 6.95. The Labute approximate surface area is 193 Å². The first-order valence-corrected chi connectivity index (χ1v) is 10.9. The van der Waals surface area contributed by atoms with Crippen molar-refractivity contribution in [3.8, 4) is 5.75 Å². The van der Waals surface area contributed by atoms with Gasteiger partial charge in [0.1, 0.15) is 5.75 Å². The van der Waals surface area contributed by atoms with Crippen LogP contribution >= 0.6 is 0 Å². The van der Waals surface area contributed by atoms with E-state index in [9.17, 15) is 19.5 Å². The van der Waals surface area contributed by atoms with Gasteiger partial charge < -0.3 is 25.4 Å². The SMILES string of the molecule is COc1ccccc1N1CCN(C[C@H](CC(=O)Nc2cccc(NC(C)=O)c2)C(=O)O)CC1. The van der Waals surface area contributed by atoms with Gasteiger partial charge in [-0.3, -0.25) is 19.3 Å². The highest BCUT2D eigenvalue weighted by molar-refractivity contribution is 5.94. The van der Waals surface area contributed by atoms with Crippen LogP contribution in [-0.4, -0.2) is 67.6 Å². The molecule has 9 heteroatoms. The number of anilines is 3. The first kappa shape index (κ1) is 24.1. The van der Waals surface area contributed by atoms with Crippen LogP contribution in [0.25, 0.3) is 0 Å². The Bertz CT molecular complexity index is 988. The second kappa shape index (κ2) is 11.3. The molecule has 1 fully saturated rings. The lowest BCUT2D eigenvalue weighted by Gasteiger charge is -2.37. The highest BCUT2D eigenvalue weighted by Gasteiger charge is 2.27. The van der Waals surface area contributed by atoms with Gasteiger partial charge in [-0.1, -0.05) is 18.2 Å². The zero-order valence-corrected chi connectivity index (χ0v) is 18.9. The highest BCUT2D eigenvalue weighted by Crippen LogP contribution is 2.28. The minimum atomic E-state index is -0.996. The van der Waals surface area contributed by atoms with Crippen molar-refractivity contribution in [2.75, 3.05) is 55.4 Å². The van der Waals surface area contributed by atoms with Crippen LogP contribution < -0.4 is 20.3 Å². The molecule has 0 aliphatic carbocycles. The maximum Gasteiger partial charge on any atom is 0.308 e. The summed E-state index contributed by atoms with van der Waals surface area (Å²) in [5.74, 6) is -1.59. The number of nitrogens with one attached hydrogen (secondary N) is 2. The molecule has 33 heavy (non-hydrogen) atoms. The molecular weight excluding hydrogens is 424 g/mol. The van der Waals surface area contributed by atoms with Gasteiger partial charge in [0.25, 0.3) is 0 Å². The summed E-state index contributed by atoms with van der Waals surface area (Å²) >= 11 is 0. The van der Waals surface area contributed by atoms with Crippen LogP contribution in [0.15, 0.2) is 48.5 Å². The fourth-order valence-electron chi connectivity index (χ4n) is 3.92. The summed E-state index contributed by atoms with van der Waals surface area (Å²) < 4.78 is 5.44. The average Bonchev–Trinajstić information content (AvgIpc) is 2.79. The van der Waals surface area contributed by atoms with Crippen LogP contribution in [0.3, 0.4) is 0 Å². The predicted octanol–water partition coefficient (Wildman–Crippen LogP) is 2.51. The second-order valence-corrected chi connectivity index (χ2v) is 8.01. The second-order valence-electron chi connectivity index (χ2n) is 8.01. The third-order valence-corrected chi connectivity index (χ3v) is 5.52. The van der Waals surface area contributed by atoms with Crippen LogP contribution in [0.5, 0.6) is 5.75 Å². The van der Waals surface area contributed by atoms with Gasteiger partial charge in [-0.2, -0.15) is 0 Å². The van der Waals surface area contributed by atoms with E-state index in [1.54, 1.807) is 31.4 Å². The van der Waals surface area contributed by atoms with E-state index in [2.05, 4.69) is 20.4 Å². The lowest BCUT2D eigenvalue weighted by atomic mass is 10.0. The van der Waals surface area contributed by atoms with E-state index in [1.807, 2.05) is 24.3 Å². The summed E-state index contributed by atoms with van der Waals surface area (Å²) in [5, 5.41) is 15.1. The van der Waals surface area contributed by atoms with Crippen molar-refractivity contribution >= 4 is 34.8 Å². The number of piperazine rings is 1. The first-order valence-electron chi connectivity index (χ1n) is 10.9. The molecular formula is C24H30N4O5. The van der Waals surface area contributed by atoms with E-state index in [0.717, 1.165) is 24.5 Å². The zero-order chi connectivity index (χ0) is 23.8. The Hall–Kier alpha value is -3.59. The molecule has 0 unspecified atom stereocenters. The zero-order valence-electron chi connectivity index (χ0n) is 18.9. The molecule has 1 atom stereocenters. The summed E-state index contributed by atoms with van der Waals surface area (Å²) in [6.45, 7) is 4.58. The van der Waals surface area contributed by atoms with Crippen molar-refractivity contribution in [2.45, 2.75) is 13.3 Å². The van der Waals surface area contributed by atoms with Gasteiger partial charge in [-0.05, 0) is 30.3 Å². The Balaban J connectivity index is 1.53. The van der Waals surface area contributed by atoms with E-state index in [4.69, 9.17) is 4.74 Å². The van der Waals surface area contributed by atoms with Gasteiger partial charge in [0.2, 0.25) is 11.8 Å². The van der Waals surface area contributed by atoms with E-state index < -0.39 is 11.9 Å². The molecule has 3 N–H and O–H groups in total. The molecule has 1 saturated heterocycles. The summed E-state index contributed by atoms with van der Waals surface area (Å²) in [5.41, 5.74) is 2.08. The molecule has 0 aromatic heterocycles. The van der Waals surface area contributed by atoms with Crippen molar-refractivity contribution < 1.29 is 24.2 Å². The molecule has 2 aromatic rings. The Morgan fingerprint density at radius 2 is 1.67 bits per heavy atom. The number of carboxylic acids is 1. The van der Waals surface area contributed by atoms with Gasteiger partial charge in [-0.15, -0.1) is 0 Å². The molecule has 2 aromatic carbocycles. The minimum Gasteiger partial charge on any atom is -0.495 e. The van der Waals surface area contributed by atoms with Gasteiger partial charge in [0.15, 0.2) is 0 Å². The van der Waals surface area contributed by atoms with E-state index in [0.29, 0.717) is 31.0 Å². The number of nitrogens with zero attached hydrogens (tertiary/aromatic N) is 2. The van der Waals surface area contributed by atoms with E-state index in [1.165, 1.54) is 6.92 Å². The lowest BCUT2D eigenvalue weighted by molar-refractivity contribution is -0.144. The number of ether oxygens (including phenoxy) is 1. The Morgan fingerprint density at radius 3 is 2.30 bits per heavy atom. The highest BCUT2D eigenvalue weighted by atomic mass is 16.5. The Kier molecular flexibility index (Phi) is 8.26. The molecule has 2 amide bonds. The van der Waals surface area contributed by atoms with E-state index in [-0.39, 0.29) is 18.2 Å². The molecule has 3 rings (SSSR count). The topological polar surface area (TPSA) is 111 Å². The quantitative estimate of drug-likeness (QED) is 0.534. The molecule has 1 aliphatic rings. The molecule has 9 nitrogen and oxygen atoms in total. The fraction of sp³-hybridized carbons (Fsp3) is 0.375.